The average Bonchev–Trinajstić information content (AvgIpc) is 2.79. The predicted molar refractivity (Wildman–Crippen MR) is 80.3 cm³/mol. The van der Waals surface area contributed by atoms with E-state index < -0.39 is 0 Å². The van der Waals surface area contributed by atoms with Gasteiger partial charge in [0.25, 0.3) is 0 Å². The number of hydrogen-bond donors (Lipinski definition) is 2. The standard InChI is InChI=1S/C12H8ClN3S2/c13-9-1-3-10(4-2-9)15-12(17)16-11-8(7-14)5-6-18-11/h1-6H,(H2,15,16,17). The molecule has 0 saturated carbocycles. The van der Waals surface area contributed by atoms with Crippen LogP contribution < -0.4 is 10.6 Å². The fourth-order valence-electron chi connectivity index (χ4n) is 1.29. The maximum atomic E-state index is 8.88. The van der Waals surface area contributed by atoms with Crippen molar-refractivity contribution in [3.8, 4) is 6.07 Å². The van der Waals surface area contributed by atoms with Gasteiger partial charge >= 0.3 is 0 Å². The van der Waals surface area contributed by atoms with Gasteiger partial charge in [-0.1, -0.05) is 11.6 Å². The molecule has 1 aromatic carbocycles. The Kier molecular flexibility index (Phi) is 4.15. The van der Waals surface area contributed by atoms with E-state index in [0.29, 0.717) is 15.7 Å². The molecular weight excluding hydrogens is 286 g/mol. The average molecular weight is 294 g/mol. The van der Waals surface area contributed by atoms with Crippen LogP contribution in [-0.4, -0.2) is 5.11 Å². The lowest BCUT2D eigenvalue weighted by Gasteiger charge is -2.09. The Morgan fingerprint density at radius 1 is 1.22 bits per heavy atom. The molecule has 90 valence electrons. The fraction of sp³-hybridized carbons (Fsp3) is 0. The van der Waals surface area contributed by atoms with Crippen LogP contribution in [0, 0.1) is 11.3 Å². The van der Waals surface area contributed by atoms with Crippen molar-refractivity contribution in [3.63, 3.8) is 0 Å². The lowest BCUT2D eigenvalue weighted by atomic mass is 10.3. The van der Waals surface area contributed by atoms with Crippen molar-refractivity contribution >= 4 is 51.0 Å². The lowest BCUT2D eigenvalue weighted by molar-refractivity contribution is 1.50. The van der Waals surface area contributed by atoms with Gasteiger partial charge in [0.05, 0.1) is 5.56 Å². The largest absolute Gasteiger partial charge is 0.332 e. The third-order valence-corrected chi connectivity index (χ3v) is 3.40. The summed E-state index contributed by atoms with van der Waals surface area (Å²) in [6, 6.07) is 11.1. The first-order valence-corrected chi connectivity index (χ1v) is 6.67. The highest BCUT2D eigenvalue weighted by molar-refractivity contribution is 7.80. The summed E-state index contributed by atoms with van der Waals surface area (Å²) in [6.45, 7) is 0. The topological polar surface area (TPSA) is 47.9 Å². The van der Waals surface area contributed by atoms with Crippen LogP contribution in [0.15, 0.2) is 35.7 Å². The molecule has 0 saturated heterocycles. The molecule has 6 heteroatoms. The first-order chi connectivity index (χ1) is 8.69. The highest BCUT2D eigenvalue weighted by atomic mass is 35.5. The molecular formula is C12H8ClN3S2. The van der Waals surface area contributed by atoms with Gasteiger partial charge in [-0.3, -0.25) is 0 Å². The van der Waals surface area contributed by atoms with E-state index in [1.165, 1.54) is 11.3 Å². The van der Waals surface area contributed by atoms with Gasteiger partial charge in [-0.05, 0) is 47.9 Å². The van der Waals surface area contributed by atoms with Gasteiger partial charge < -0.3 is 10.6 Å². The molecule has 0 spiro atoms. The van der Waals surface area contributed by atoms with Crippen LogP contribution in [0.3, 0.4) is 0 Å². The molecule has 0 bridgehead atoms. The van der Waals surface area contributed by atoms with Crippen molar-refractivity contribution < 1.29 is 0 Å². The quantitative estimate of drug-likeness (QED) is 0.819. The maximum Gasteiger partial charge on any atom is 0.175 e. The van der Waals surface area contributed by atoms with Gasteiger partial charge in [0.2, 0.25) is 0 Å². The zero-order valence-electron chi connectivity index (χ0n) is 9.11. The highest BCUT2D eigenvalue weighted by Crippen LogP contribution is 2.22. The van der Waals surface area contributed by atoms with Crippen molar-refractivity contribution in [2.75, 3.05) is 10.6 Å². The van der Waals surface area contributed by atoms with Gasteiger partial charge in [-0.15, -0.1) is 11.3 Å². The van der Waals surface area contributed by atoms with E-state index in [4.69, 9.17) is 29.1 Å². The number of rotatable bonds is 2. The molecule has 2 aromatic rings. The van der Waals surface area contributed by atoms with Gasteiger partial charge in [-0.25, -0.2) is 0 Å². The number of thiocarbonyl (C=S) groups is 1. The van der Waals surface area contributed by atoms with Crippen molar-refractivity contribution in [1.82, 2.24) is 0 Å². The molecule has 2 N–H and O–H groups in total. The first-order valence-electron chi connectivity index (χ1n) is 5.00. The van der Waals surface area contributed by atoms with Crippen LogP contribution in [0.25, 0.3) is 0 Å². The first kappa shape index (κ1) is 12.8. The number of benzene rings is 1. The number of hydrogen-bond acceptors (Lipinski definition) is 3. The third-order valence-electron chi connectivity index (χ3n) is 2.11. The number of nitrogens with one attached hydrogen (secondary N) is 2. The van der Waals surface area contributed by atoms with E-state index in [9.17, 15) is 0 Å². The van der Waals surface area contributed by atoms with Crippen LogP contribution in [0.2, 0.25) is 5.02 Å². The van der Waals surface area contributed by atoms with E-state index in [1.54, 1.807) is 18.2 Å². The number of thiophene rings is 1. The van der Waals surface area contributed by atoms with E-state index in [1.807, 2.05) is 17.5 Å². The van der Waals surface area contributed by atoms with E-state index in [-0.39, 0.29) is 0 Å². The second kappa shape index (κ2) is 5.83. The highest BCUT2D eigenvalue weighted by Gasteiger charge is 2.05. The summed E-state index contributed by atoms with van der Waals surface area (Å²) in [5.74, 6) is 0. The minimum Gasteiger partial charge on any atom is -0.332 e. The van der Waals surface area contributed by atoms with Gasteiger partial charge in [0.1, 0.15) is 11.1 Å². The summed E-state index contributed by atoms with van der Waals surface area (Å²) < 4.78 is 0. The van der Waals surface area contributed by atoms with Crippen molar-refractivity contribution in [1.29, 1.82) is 5.26 Å². The van der Waals surface area contributed by atoms with Crippen LogP contribution in [0.1, 0.15) is 5.56 Å². The molecule has 0 atom stereocenters. The van der Waals surface area contributed by atoms with Crippen molar-refractivity contribution in [2.24, 2.45) is 0 Å². The van der Waals surface area contributed by atoms with Crippen molar-refractivity contribution in [2.45, 2.75) is 0 Å². The van der Waals surface area contributed by atoms with E-state index in [2.05, 4.69) is 16.7 Å². The molecule has 1 heterocycles. The Hall–Kier alpha value is -1.61. The van der Waals surface area contributed by atoms with Gasteiger partial charge in [0, 0.05) is 10.7 Å². The molecule has 2 rings (SSSR count). The van der Waals surface area contributed by atoms with Crippen LogP contribution >= 0.6 is 35.2 Å². The van der Waals surface area contributed by atoms with Gasteiger partial charge in [-0.2, -0.15) is 5.26 Å². The Balaban J connectivity index is 2.01. The number of halogens is 1. The summed E-state index contributed by atoms with van der Waals surface area (Å²) in [4.78, 5) is 0. The number of nitriles is 1. The SMILES string of the molecule is N#Cc1ccsc1NC(=S)Nc1ccc(Cl)cc1. The third kappa shape index (κ3) is 3.20. The molecule has 1 aromatic heterocycles. The number of anilines is 2. The van der Waals surface area contributed by atoms with E-state index in [0.717, 1.165) is 10.7 Å². The minimum absolute atomic E-state index is 0.441. The monoisotopic (exact) mass is 293 g/mol. The molecule has 0 aliphatic rings. The molecule has 0 amide bonds. The minimum atomic E-state index is 0.441. The molecule has 0 fully saturated rings. The predicted octanol–water partition coefficient (Wildman–Crippen LogP) is 4.08. The van der Waals surface area contributed by atoms with Crippen LogP contribution in [0.4, 0.5) is 10.7 Å². The molecule has 0 unspecified atom stereocenters. The molecule has 3 nitrogen and oxygen atoms in total. The molecule has 18 heavy (non-hydrogen) atoms. The molecule has 0 aliphatic heterocycles. The van der Waals surface area contributed by atoms with Crippen LogP contribution in [-0.2, 0) is 0 Å². The zero-order chi connectivity index (χ0) is 13.0. The zero-order valence-corrected chi connectivity index (χ0v) is 11.5. The Bertz CT molecular complexity index is 599. The second-order valence-corrected chi connectivity index (χ2v) is 5.12. The normalized spacial score (nSPS) is 9.56. The van der Waals surface area contributed by atoms with E-state index >= 15 is 0 Å². The summed E-state index contributed by atoms with van der Waals surface area (Å²) in [5.41, 5.74) is 1.42. The Morgan fingerprint density at radius 2 is 1.94 bits per heavy atom. The summed E-state index contributed by atoms with van der Waals surface area (Å²) in [7, 11) is 0. The second-order valence-electron chi connectivity index (χ2n) is 3.36. The molecule has 0 aliphatic carbocycles. The summed E-state index contributed by atoms with van der Waals surface area (Å²) >= 11 is 12.4. The summed E-state index contributed by atoms with van der Waals surface area (Å²) in [6.07, 6.45) is 0. The lowest BCUT2D eigenvalue weighted by Crippen LogP contribution is -2.18. The van der Waals surface area contributed by atoms with Crippen molar-refractivity contribution in [3.05, 3.63) is 46.3 Å². The smallest absolute Gasteiger partial charge is 0.175 e. The summed E-state index contributed by atoms with van der Waals surface area (Å²) in [5, 5.41) is 18.6. The van der Waals surface area contributed by atoms with Gasteiger partial charge in [0.15, 0.2) is 5.11 Å². The number of nitrogens with zero attached hydrogens (tertiary/aromatic N) is 1. The Labute approximate surface area is 119 Å². The maximum absolute atomic E-state index is 8.88. The van der Waals surface area contributed by atoms with Crippen LogP contribution in [0.5, 0.6) is 0 Å². The fourth-order valence-corrected chi connectivity index (χ4v) is 2.45. The molecule has 0 radical (unpaired) electrons. The Morgan fingerprint density at radius 3 is 2.61 bits per heavy atom.